The lowest BCUT2D eigenvalue weighted by Crippen LogP contribution is -2.07. The highest BCUT2D eigenvalue weighted by molar-refractivity contribution is 5.54. The first kappa shape index (κ1) is 15.2. The van der Waals surface area contributed by atoms with Crippen molar-refractivity contribution in [1.82, 2.24) is 4.98 Å². The molecule has 0 aliphatic carbocycles. The van der Waals surface area contributed by atoms with Crippen LogP contribution < -0.4 is 10.5 Å². The number of anilines is 1. The Morgan fingerprint density at radius 2 is 1.81 bits per heavy atom. The summed E-state index contributed by atoms with van der Waals surface area (Å²) in [5.74, 6) is 0.276. The second-order valence-corrected chi connectivity index (χ2v) is 4.56. The normalized spacial score (nSPS) is 11.4. The van der Waals surface area contributed by atoms with Crippen molar-refractivity contribution in [1.29, 1.82) is 0 Å². The van der Waals surface area contributed by atoms with Crippen LogP contribution in [0, 0.1) is 0 Å². The first-order chi connectivity index (χ1) is 9.97. The number of aryl methyl sites for hydroxylation is 1. The highest BCUT2D eigenvalue weighted by Gasteiger charge is 2.30. The molecule has 0 atom stereocenters. The van der Waals surface area contributed by atoms with E-state index in [2.05, 4.69) is 4.98 Å². The molecule has 0 amide bonds. The summed E-state index contributed by atoms with van der Waals surface area (Å²) in [6.45, 7) is 0.387. The summed E-state index contributed by atoms with van der Waals surface area (Å²) < 4.78 is 42.9. The molecule has 1 heterocycles. The van der Waals surface area contributed by atoms with Gasteiger partial charge in [-0.1, -0.05) is 0 Å². The molecular formula is C15H15F3N2O. The third-order valence-corrected chi connectivity index (χ3v) is 2.95. The van der Waals surface area contributed by atoms with Crippen LogP contribution in [-0.2, 0) is 12.6 Å². The van der Waals surface area contributed by atoms with Gasteiger partial charge in [0, 0.05) is 12.4 Å². The minimum atomic E-state index is -4.39. The third kappa shape index (κ3) is 4.37. The molecule has 0 saturated carbocycles. The Balaban J connectivity index is 1.86. The van der Waals surface area contributed by atoms with Gasteiger partial charge in [-0.25, -0.2) is 0 Å². The number of nitrogens with zero attached hydrogens (tertiary/aromatic N) is 1. The molecule has 1 aromatic heterocycles. The van der Waals surface area contributed by atoms with Gasteiger partial charge in [0.25, 0.3) is 0 Å². The molecule has 1 aromatic carbocycles. The van der Waals surface area contributed by atoms with Crippen molar-refractivity contribution < 1.29 is 17.9 Å². The van der Waals surface area contributed by atoms with Crippen LogP contribution in [-0.4, -0.2) is 11.6 Å². The Kier molecular flexibility index (Phi) is 4.67. The fourth-order valence-electron chi connectivity index (χ4n) is 1.86. The van der Waals surface area contributed by atoms with Crippen LogP contribution in [0.2, 0.25) is 0 Å². The summed E-state index contributed by atoms with van der Waals surface area (Å²) >= 11 is 0. The Morgan fingerprint density at radius 3 is 2.43 bits per heavy atom. The largest absolute Gasteiger partial charge is 0.491 e. The molecule has 2 N–H and O–H groups in total. The maximum absolute atomic E-state index is 12.5. The van der Waals surface area contributed by atoms with E-state index in [4.69, 9.17) is 10.5 Å². The Morgan fingerprint density at radius 1 is 1.10 bits per heavy atom. The number of hydrogen-bond donors (Lipinski definition) is 1. The van der Waals surface area contributed by atoms with Gasteiger partial charge in [0.1, 0.15) is 5.75 Å². The molecule has 2 rings (SSSR count). The van der Waals surface area contributed by atoms with Crippen LogP contribution in [0.15, 0.2) is 42.7 Å². The van der Waals surface area contributed by atoms with Crippen LogP contribution in [0.3, 0.4) is 0 Å². The van der Waals surface area contributed by atoms with E-state index in [-0.39, 0.29) is 11.4 Å². The molecular weight excluding hydrogens is 281 g/mol. The third-order valence-electron chi connectivity index (χ3n) is 2.95. The maximum atomic E-state index is 12.5. The first-order valence-corrected chi connectivity index (χ1v) is 6.45. The molecule has 112 valence electrons. The van der Waals surface area contributed by atoms with Gasteiger partial charge in [-0.05, 0) is 48.7 Å². The van der Waals surface area contributed by atoms with Crippen molar-refractivity contribution >= 4 is 5.69 Å². The average Bonchev–Trinajstić information content (AvgIpc) is 2.45. The van der Waals surface area contributed by atoms with Gasteiger partial charge in [-0.15, -0.1) is 0 Å². The fourth-order valence-corrected chi connectivity index (χ4v) is 1.86. The monoisotopic (exact) mass is 296 g/mol. The number of halogens is 3. The quantitative estimate of drug-likeness (QED) is 0.676. The smallest absolute Gasteiger partial charge is 0.416 e. The van der Waals surface area contributed by atoms with Crippen LogP contribution in [0.5, 0.6) is 5.75 Å². The minimum Gasteiger partial charge on any atom is -0.491 e. The lowest BCUT2D eigenvalue weighted by molar-refractivity contribution is -0.137. The second-order valence-electron chi connectivity index (χ2n) is 4.56. The molecule has 0 aliphatic heterocycles. The van der Waals surface area contributed by atoms with E-state index in [1.165, 1.54) is 6.07 Å². The van der Waals surface area contributed by atoms with Crippen molar-refractivity contribution in [3.8, 4) is 5.75 Å². The van der Waals surface area contributed by atoms with E-state index >= 15 is 0 Å². The summed E-state index contributed by atoms with van der Waals surface area (Å²) in [6.07, 6.45) is 0.579. The summed E-state index contributed by atoms with van der Waals surface area (Å²) in [5, 5.41) is 0. The van der Waals surface area contributed by atoms with Crippen LogP contribution in [0.25, 0.3) is 0 Å². The van der Waals surface area contributed by atoms with Gasteiger partial charge in [0.05, 0.1) is 17.9 Å². The van der Waals surface area contributed by atoms with Gasteiger partial charge in [-0.2, -0.15) is 13.2 Å². The SMILES string of the molecule is Nc1cc(C(F)(F)F)ccc1OCCCc1ccncc1. The predicted octanol–water partition coefficient (Wildman–Crippen LogP) is 3.69. The standard InChI is InChI=1S/C15H15F3N2O/c16-15(17,18)12-3-4-14(13(19)10-12)21-9-1-2-11-5-7-20-8-6-11/h3-8,10H,1-2,9,19H2. The predicted molar refractivity (Wildman–Crippen MR) is 73.9 cm³/mol. The molecule has 0 radical (unpaired) electrons. The number of nitrogen functional groups attached to an aromatic ring is 1. The summed E-state index contributed by atoms with van der Waals surface area (Å²) in [5.41, 5.74) is 5.93. The number of alkyl halides is 3. The Labute approximate surface area is 120 Å². The zero-order chi connectivity index (χ0) is 15.3. The summed E-state index contributed by atoms with van der Waals surface area (Å²) in [4.78, 5) is 3.92. The zero-order valence-electron chi connectivity index (χ0n) is 11.2. The molecule has 21 heavy (non-hydrogen) atoms. The van der Waals surface area contributed by atoms with Crippen LogP contribution in [0.4, 0.5) is 18.9 Å². The number of aromatic nitrogens is 1. The van der Waals surface area contributed by atoms with Crippen molar-refractivity contribution in [2.24, 2.45) is 0 Å². The molecule has 6 heteroatoms. The molecule has 0 aliphatic rings. The van der Waals surface area contributed by atoms with Crippen LogP contribution >= 0.6 is 0 Å². The van der Waals surface area contributed by atoms with Crippen molar-refractivity contribution in [3.63, 3.8) is 0 Å². The molecule has 3 nitrogen and oxygen atoms in total. The highest BCUT2D eigenvalue weighted by atomic mass is 19.4. The molecule has 2 aromatic rings. The van der Waals surface area contributed by atoms with E-state index in [1.807, 2.05) is 12.1 Å². The van der Waals surface area contributed by atoms with Gasteiger partial charge < -0.3 is 10.5 Å². The second kappa shape index (κ2) is 6.47. The number of benzene rings is 1. The Bertz CT molecular complexity index is 585. The van der Waals surface area contributed by atoms with E-state index in [1.54, 1.807) is 12.4 Å². The average molecular weight is 296 g/mol. The van der Waals surface area contributed by atoms with Crippen LogP contribution in [0.1, 0.15) is 17.5 Å². The van der Waals surface area contributed by atoms with E-state index < -0.39 is 11.7 Å². The lowest BCUT2D eigenvalue weighted by Gasteiger charge is -2.12. The topological polar surface area (TPSA) is 48.1 Å². The number of nitrogens with two attached hydrogens (primary N) is 1. The fraction of sp³-hybridized carbons (Fsp3) is 0.267. The van der Waals surface area contributed by atoms with Crippen molar-refractivity contribution in [2.75, 3.05) is 12.3 Å². The number of rotatable bonds is 5. The maximum Gasteiger partial charge on any atom is 0.416 e. The summed E-state index contributed by atoms with van der Waals surface area (Å²) in [7, 11) is 0. The van der Waals surface area contributed by atoms with Gasteiger partial charge in [0.2, 0.25) is 0 Å². The molecule has 0 saturated heterocycles. The van der Waals surface area contributed by atoms with Gasteiger partial charge in [-0.3, -0.25) is 4.98 Å². The van der Waals surface area contributed by atoms with E-state index in [9.17, 15) is 13.2 Å². The van der Waals surface area contributed by atoms with E-state index in [0.717, 1.165) is 30.5 Å². The Hall–Kier alpha value is -2.24. The molecule has 0 fully saturated rings. The lowest BCUT2D eigenvalue weighted by atomic mass is 10.1. The zero-order valence-corrected chi connectivity index (χ0v) is 11.2. The van der Waals surface area contributed by atoms with Crippen molar-refractivity contribution in [3.05, 3.63) is 53.9 Å². The minimum absolute atomic E-state index is 0.00580. The summed E-state index contributed by atoms with van der Waals surface area (Å²) in [6, 6.07) is 6.93. The first-order valence-electron chi connectivity index (χ1n) is 6.45. The highest BCUT2D eigenvalue weighted by Crippen LogP contribution is 2.33. The van der Waals surface area contributed by atoms with Crippen molar-refractivity contribution in [2.45, 2.75) is 19.0 Å². The molecule has 0 spiro atoms. The van der Waals surface area contributed by atoms with Gasteiger partial charge in [0.15, 0.2) is 0 Å². The number of pyridine rings is 1. The number of hydrogen-bond acceptors (Lipinski definition) is 3. The molecule has 0 bridgehead atoms. The molecule has 0 unspecified atom stereocenters. The van der Waals surface area contributed by atoms with E-state index in [0.29, 0.717) is 6.61 Å². The van der Waals surface area contributed by atoms with Gasteiger partial charge >= 0.3 is 6.18 Å². The number of ether oxygens (including phenoxy) is 1.